The molecule has 0 N–H and O–H groups in total. The van der Waals surface area contributed by atoms with Gasteiger partial charge in [0.2, 0.25) is 6.23 Å². The Balaban J connectivity index is 1.53. The molecule has 0 fully saturated rings. The molecule has 0 aromatic heterocycles. The molecule has 0 saturated carbocycles. The minimum Gasteiger partial charge on any atom is -0.497 e. The number of hydrogen-bond acceptors (Lipinski definition) is 4. The molecule has 3 aromatic carbocycles. The second kappa shape index (κ2) is 7.45. The highest BCUT2D eigenvalue weighted by Gasteiger charge is 2.40. The van der Waals surface area contributed by atoms with E-state index in [1.165, 1.54) is 11.1 Å². The van der Waals surface area contributed by atoms with Crippen LogP contribution in [0.15, 0.2) is 77.9 Å². The van der Waals surface area contributed by atoms with Crippen molar-refractivity contribution in [2.45, 2.75) is 44.9 Å². The van der Waals surface area contributed by atoms with Gasteiger partial charge in [0.15, 0.2) is 0 Å². The lowest BCUT2D eigenvalue weighted by Crippen LogP contribution is -2.33. The Bertz CT molecular complexity index is 1110. The van der Waals surface area contributed by atoms with E-state index in [9.17, 15) is 0 Å². The summed E-state index contributed by atoms with van der Waals surface area (Å²) in [7, 11) is 1.69. The lowest BCUT2D eigenvalue weighted by molar-refractivity contribution is -0.0190. The van der Waals surface area contributed by atoms with Gasteiger partial charge in [0.05, 0.1) is 18.9 Å². The monoisotopic (exact) mass is 412 g/mol. The molecular weight excluding hydrogens is 384 g/mol. The van der Waals surface area contributed by atoms with Crippen LogP contribution in [0.3, 0.4) is 0 Å². The Hall–Kier alpha value is -3.27. The molecule has 5 rings (SSSR count). The molecule has 2 heterocycles. The van der Waals surface area contributed by atoms with Crippen LogP contribution in [0.4, 0.5) is 0 Å². The largest absolute Gasteiger partial charge is 0.497 e. The number of fused-ring (bicyclic) bond motifs is 3. The standard InChI is InChI=1S/C27H28N2O2/c1-27(2,3)20-13-9-19(10-14-20)26-29-24(22-7-5-6-8-25(22)31-26)17-23(28-29)18-11-15-21(30-4)16-12-18/h5-16,24,26H,17H2,1-4H3. The third-order valence-corrected chi connectivity index (χ3v) is 6.18. The zero-order valence-corrected chi connectivity index (χ0v) is 18.5. The molecule has 0 saturated heterocycles. The van der Waals surface area contributed by atoms with E-state index in [2.05, 4.69) is 80.4 Å². The van der Waals surface area contributed by atoms with Crippen molar-refractivity contribution in [3.05, 3.63) is 95.1 Å². The van der Waals surface area contributed by atoms with E-state index >= 15 is 0 Å². The Labute approximate surface area is 184 Å². The molecule has 31 heavy (non-hydrogen) atoms. The summed E-state index contributed by atoms with van der Waals surface area (Å²) in [4.78, 5) is 0. The number of hydrazone groups is 1. The molecule has 2 aliphatic rings. The summed E-state index contributed by atoms with van der Waals surface area (Å²) in [5, 5.41) is 7.18. The zero-order valence-electron chi connectivity index (χ0n) is 18.5. The quantitative estimate of drug-likeness (QED) is 0.511. The zero-order chi connectivity index (χ0) is 21.6. The fourth-order valence-corrected chi connectivity index (χ4v) is 4.36. The van der Waals surface area contributed by atoms with Gasteiger partial charge in [-0.15, -0.1) is 0 Å². The molecular formula is C27H28N2O2. The second-order valence-electron chi connectivity index (χ2n) is 9.26. The topological polar surface area (TPSA) is 34.1 Å². The molecule has 3 aromatic rings. The summed E-state index contributed by atoms with van der Waals surface area (Å²) < 4.78 is 11.8. The molecule has 0 radical (unpaired) electrons. The van der Waals surface area contributed by atoms with E-state index in [1.54, 1.807) is 7.11 Å². The summed E-state index contributed by atoms with van der Waals surface area (Å²) in [6.07, 6.45) is 0.605. The van der Waals surface area contributed by atoms with Crippen LogP contribution in [0.1, 0.15) is 61.7 Å². The van der Waals surface area contributed by atoms with Crippen molar-refractivity contribution in [3.63, 3.8) is 0 Å². The fourth-order valence-electron chi connectivity index (χ4n) is 4.36. The average Bonchev–Trinajstić information content (AvgIpc) is 3.24. The predicted octanol–water partition coefficient (Wildman–Crippen LogP) is 6.24. The highest BCUT2D eigenvalue weighted by atomic mass is 16.5. The summed E-state index contributed by atoms with van der Waals surface area (Å²) in [5.74, 6) is 1.80. The smallest absolute Gasteiger partial charge is 0.213 e. The number of hydrogen-bond donors (Lipinski definition) is 0. The maximum Gasteiger partial charge on any atom is 0.213 e. The average molecular weight is 413 g/mol. The Morgan fingerprint density at radius 2 is 1.65 bits per heavy atom. The molecule has 0 amide bonds. The maximum atomic E-state index is 6.48. The van der Waals surface area contributed by atoms with Crippen LogP contribution in [0, 0.1) is 0 Å². The van der Waals surface area contributed by atoms with Gasteiger partial charge in [0.1, 0.15) is 11.5 Å². The van der Waals surface area contributed by atoms with E-state index in [1.807, 2.05) is 18.2 Å². The van der Waals surface area contributed by atoms with Gasteiger partial charge >= 0.3 is 0 Å². The summed E-state index contributed by atoms with van der Waals surface area (Å²) in [6, 6.07) is 25.4. The molecule has 4 heteroatoms. The molecule has 158 valence electrons. The molecule has 2 aliphatic heterocycles. The highest BCUT2D eigenvalue weighted by Crippen LogP contribution is 2.47. The lowest BCUT2D eigenvalue weighted by Gasteiger charge is -2.38. The van der Waals surface area contributed by atoms with Gasteiger partial charge in [-0.1, -0.05) is 63.2 Å². The van der Waals surface area contributed by atoms with Crippen molar-refractivity contribution < 1.29 is 9.47 Å². The van der Waals surface area contributed by atoms with Crippen molar-refractivity contribution in [2.75, 3.05) is 7.11 Å². The number of nitrogens with zero attached hydrogens (tertiary/aromatic N) is 2. The van der Waals surface area contributed by atoms with Gasteiger partial charge in [-0.05, 0) is 46.9 Å². The van der Waals surface area contributed by atoms with Crippen LogP contribution >= 0.6 is 0 Å². The number of rotatable bonds is 3. The van der Waals surface area contributed by atoms with Crippen molar-refractivity contribution >= 4 is 5.71 Å². The first kappa shape index (κ1) is 19.7. The van der Waals surface area contributed by atoms with Crippen LogP contribution in [0.25, 0.3) is 0 Å². The summed E-state index contributed by atoms with van der Waals surface area (Å²) >= 11 is 0. The van der Waals surface area contributed by atoms with E-state index in [0.717, 1.165) is 34.8 Å². The number of methoxy groups -OCH3 is 1. The van der Waals surface area contributed by atoms with E-state index in [0.29, 0.717) is 0 Å². The summed E-state index contributed by atoms with van der Waals surface area (Å²) in [6.45, 7) is 6.70. The first-order valence-electron chi connectivity index (χ1n) is 10.8. The van der Waals surface area contributed by atoms with Crippen molar-refractivity contribution in [1.82, 2.24) is 5.01 Å². The first-order valence-corrected chi connectivity index (χ1v) is 10.8. The van der Waals surface area contributed by atoms with Gasteiger partial charge < -0.3 is 9.47 Å². The van der Waals surface area contributed by atoms with Crippen LogP contribution in [0.2, 0.25) is 0 Å². The molecule has 4 nitrogen and oxygen atoms in total. The van der Waals surface area contributed by atoms with E-state index in [4.69, 9.17) is 14.6 Å². The number of benzene rings is 3. The van der Waals surface area contributed by atoms with Crippen LogP contribution in [0.5, 0.6) is 11.5 Å². The Kier molecular flexibility index (Phi) is 4.73. The third kappa shape index (κ3) is 3.56. The predicted molar refractivity (Wildman–Crippen MR) is 124 cm³/mol. The van der Waals surface area contributed by atoms with Gasteiger partial charge in [0.25, 0.3) is 0 Å². The third-order valence-electron chi connectivity index (χ3n) is 6.18. The molecule has 0 aliphatic carbocycles. The molecule has 2 atom stereocenters. The number of ether oxygens (including phenoxy) is 2. The Morgan fingerprint density at radius 3 is 2.32 bits per heavy atom. The number of para-hydroxylation sites is 1. The van der Waals surface area contributed by atoms with E-state index < -0.39 is 0 Å². The van der Waals surface area contributed by atoms with Crippen LogP contribution in [-0.4, -0.2) is 17.8 Å². The fraction of sp³-hybridized carbons (Fsp3) is 0.296. The van der Waals surface area contributed by atoms with Crippen molar-refractivity contribution in [2.24, 2.45) is 5.10 Å². The highest BCUT2D eigenvalue weighted by molar-refractivity contribution is 6.02. The Morgan fingerprint density at radius 1 is 0.935 bits per heavy atom. The van der Waals surface area contributed by atoms with Gasteiger partial charge in [-0.3, -0.25) is 0 Å². The van der Waals surface area contributed by atoms with Gasteiger partial charge in [-0.25, -0.2) is 5.01 Å². The lowest BCUT2D eigenvalue weighted by atomic mass is 9.86. The molecule has 2 unspecified atom stereocenters. The van der Waals surface area contributed by atoms with Crippen molar-refractivity contribution in [1.29, 1.82) is 0 Å². The second-order valence-corrected chi connectivity index (χ2v) is 9.26. The minimum absolute atomic E-state index is 0.119. The normalized spacial score (nSPS) is 19.9. The van der Waals surface area contributed by atoms with Crippen molar-refractivity contribution in [3.8, 4) is 11.5 Å². The minimum atomic E-state index is -0.246. The molecule has 0 spiro atoms. The van der Waals surface area contributed by atoms with Gasteiger partial charge in [-0.2, -0.15) is 5.10 Å². The molecule has 0 bridgehead atoms. The summed E-state index contributed by atoms with van der Waals surface area (Å²) in [5.41, 5.74) is 5.94. The van der Waals surface area contributed by atoms with E-state index in [-0.39, 0.29) is 17.7 Å². The van der Waals surface area contributed by atoms with Crippen LogP contribution in [-0.2, 0) is 5.41 Å². The maximum absolute atomic E-state index is 6.48. The van der Waals surface area contributed by atoms with Gasteiger partial charge in [0, 0.05) is 17.5 Å². The van der Waals surface area contributed by atoms with Crippen LogP contribution < -0.4 is 9.47 Å². The SMILES string of the molecule is COc1ccc(C2=NN3C(C2)c2ccccc2OC3c2ccc(C(C)(C)C)cc2)cc1. The first-order chi connectivity index (χ1) is 14.9.